The maximum Gasteiger partial charge on any atom is 0.0613 e. The molecule has 2 aliphatic carbocycles. The smallest absolute Gasteiger partial charge is 0.0613 e. The maximum absolute atomic E-state index is 9.63. The number of aliphatic hydroxyl groups excluding tert-OH is 1. The molecule has 0 saturated heterocycles. The molecule has 2 fully saturated rings. The number of likely N-dealkylation sites (N-methyl/N-ethyl adjacent to an activating group) is 1. The molecule has 2 rings (SSSR count). The van der Waals surface area contributed by atoms with E-state index >= 15 is 0 Å². The van der Waals surface area contributed by atoms with Gasteiger partial charge in [0.15, 0.2) is 0 Å². The largest absolute Gasteiger partial charge is 0.394 e. The second kappa shape index (κ2) is 5.68. The van der Waals surface area contributed by atoms with Crippen molar-refractivity contribution in [2.75, 3.05) is 26.7 Å². The van der Waals surface area contributed by atoms with Crippen LogP contribution in [-0.4, -0.2) is 48.3 Å². The van der Waals surface area contributed by atoms with E-state index in [4.69, 9.17) is 0 Å². The fraction of sp³-hybridized carbons (Fsp3) is 1.00. The van der Waals surface area contributed by atoms with Crippen LogP contribution in [0.2, 0.25) is 0 Å². The Morgan fingerprint density at radius 1 is 1.35 bits per heavy atom. The van der Waals surface area contributed by atoms with E-state index in [1.54, 1.807) is 0 Å². The maximum atomic E-state index is 9.63. The summed E-state index contributed by atoms with van der Waals surface area (Å²) in [5.41, 5.74) is -0.0140. The van der Waals surface area contributed by atoms with Gasteiger partial charge >= 0.3 is 0 Å². The first kappa shape index (κ1) is 13.3. The van der Waals surface area contributed by atoms with Gasteiger partial charge in [0, 0.05) is 18.1 Å². The third-order valence-corrected chi connectivity index (χ3v) is 4.76. The highest BCUT2D eigenvalue weighted by atomic mass is 16.3. The van der Waals surface area contributed by atoms with Gasteiger partial charge < -0.3 is 15.3 Å². The standard InChI is InChI=1S/C14H28N2O/c1-3-16(10-12-6-7-12)13-5-4-8-14(9-13,11-17)15-2/h12-13,15,17H,3-11H2,1-2H3. The summed E-state index contributed by atoms with van der Waals surface area (Å²) >= 11 is 0. The molecule has 0 aromatic rings. The van der Waals surface area contributed by atoms with Gasteiger partial charge in [0.25, 0.3) is 0 Å². The molecule has 100 valence electrons. The Kier molecular flexibility index (Phi) is 4.45. The Morgan fingerprint density at radius 2 is 2.12 bits per heavy atom. The van der Waals surface area contributed by atoms with E-state index < -0.39 is 0 Å². The molecule has 0 spiro atoms. The molecule has 3 nitrogen and oxygen atoms in total. The first-order valence-corrected chi connectivity index (χ1v) is 7.27. The van der Waals surface area contributed by atoms with Crippen LogP contribution in [0.1, 0.15) is 45.4 Å². The first-order chi connectivity index (χ1) is 8.23. The van der Waals surface area contributed by atoms with E-state index in [2.05, 4.69) is 17.1 Å². The zero-order valence-corrected chi connectivity index (χ0v) is 11.4. The summed E-state index contributed by atoms with van der Waals surface area (Å²) in [7, 11) is 2.00. The van der Waals surface area contributed by atoms with Crippen LogP contribution in [-0.2, 0) is 0 Å². The lowest BCUT2D eigenvalue weighted by Gasteiger charge is -2.43. The van der Waals surface area contributed by atoms with Crippen LogP contribution in [0.25, 0.3) is 0 Å². The predicted molar refractivity (Wildman–Crippen MR) is 71.1 cm³/mol. The fourth-order valence-corrected chi connectivity index (χ4v) is 3.26. The van der Waals surface area contributed by atoms with Crippen molar-refractivity contribution in [3.05, 3.63) is 0 Å². The lowest BCUT2D eigenvalue weighted by atomic mass is 9.79. The van der Waals surface area contributed by atoms with Crippen molar-refractivity contribution in [3.8, 4) is 0 Å². The minimum atomic E-state index is -0.0140. The van der Waals surface area contributed by atoms with Crippen LogP contribution >= 0.6 is 0 Å². The highest BCUT2D eigenvalue weighted by molar-refractivity contribution is 4.96. The minimum absolute atomic E-state index is 0.0140. The van der Waals surface area contributed by atoms with E-state index in [-0.39, 0.29) is 12.1 Å². The Bertz CT molecular complexity index is 236. The molecule has 0 radical (unpaired) electrons. The molecule has 0 bridgehead atoms. The van der Waals surface area contributed by atoms with Gasteiger partial charge in [-0.1, -0.05) is 6.92 Å². The van der Waals surface area contributed by atoms with Gasteiger partial charge in [0.1, 0.15) is 0 Å². The van der Waals surface area contributed by atoms with Gasteiger partial charge in [-0.2, -0.15) is 0 Å². The Hall–Kier alpha value is -0.120. The van der Waals surface area contributed by atoms with Crippen molar-refractivity contribution in [1.82, 2.24) is 10.2 Å². The third-order valence-electron chi connectivity index (χ3n) is 4.76. The number of nitrogens with one attached hydrogen (secondary N) is 1. The topological polar surface area (TPSA) is 35.5 Å². The molecule has 2 saturated carbocycles. The molecule has 0 aromatic heterocycles. The predicted octanol–water partition coefficient (Wildman–Crippen LogP) is 1.61. The molecule has 0 heterocycles. The van der Waals surface area contributed by atoms with Gasteiger partial charge in [-0.05, 0) is 58.0 Å². The van der Waals surface area contributed by atoms with Crippen LogP contribution in [0.5, 0.6) is 0 Å². The second-order valence-corrected chi connectivity index (χ2v) is 5.97. The molecular weight excluding hydrogens is 212 g/mol. The Morgan fingerprint density at radius 3 is 2.65 bits per heavy atom. The van der Waals surface area contributed by atoms with E-state index in [0.29, 0.717) is 6.04 Å². The van der Waals surface area contributed by atoms with Crippen LogP contribution < -0.4 is 5.32 Å². The van der Waals surface area contributed by atoms with Gasteiger partial charge in [-0.25, -0.2) is 0 Å². The molecule has 3 heteroatoms. The van der Waals surface area contributed by atoms with Crippen molar-refractivity contribution in [1.29, 1.82) is 0 Å². The number of hydrogen-bond acceptors (Lipinski definition) is 3. The van der Waals surface area contributed by atoms with Crippen molar-refractivity contribution in [2.24, 2.45) is 5.92 Å². The zero-order chi connectivity index (χ0) is 12.3. The van der Waals surface area contributed by atoms with Crippen LogP contribution in [0.15, 0.2) is 0 Å². The third kappa shape index (κ3) is 3.21. The summed E-state index contributed by atoms with van der Waals surface area (Å²) in [6.07, 6.45) is 7.65. The molecule has 0 aromatic carbocycles. The lowest BCUT2D eigenvalue weighted by molar-refractivity contribution is 0.0638. The van der Waals surface area contributed by atoms with Gasteiger partial charge in [-0.15, -0.1) is 0 Å². The number of nitrogens with zero attached hydrogens (tertiary/aromatic N) is 1. The van der Waals surface area contributed by atoms with Crippen molar-refractivity contribution in [2.45, 2.75) is 57.0 Å². The summed E-state index contributed by atoms with van der Waals surface area (Å²) in [5, 5.41) is 13.0. The van der Waals surface area contributed by atoms with Crippen LogP contribution in [0.4, 0.5) is 0 Å². The summed E-state index contributed by atoms with van der Waals surface area (Å²) in [6, 6.07) is 0.675. The van der Waals surface area contributed by atoms with Crippen LogP contribution in [0.3, 0.4) is 0 Å². The molecule has 0 amide bonds. The monoisotopic (exact) mass is 240 g/mol. The van der Waals surface area contributed by atoms with E-state index in [0.717, 1.165) is 25.3 Å². The van der Waals surface area contributed by atoms with E-state index in [1.807, 2.05) is 7.05 Å². The highest BCUT2D eigenvalue weighted by Gasteiger charge is 2.37. The van der Waals surface area contributed by atoms with E-state index in [9.17, 15) is 5.11 Å². The number of hydrogen-bond donors (Lipinski definition) is 2. The Labute approximate surface area is 106 Å². The quantitative estimate of drug-likeness (QED) is 0.740. The highest BCUT2D eigenvalue weighted by Crippen LogP contribution is 2.34. The first-order valence-electron chi connectivity index (χ1n) is 7.27. The normalized spacial score (nSPS) is 34.2. The molecule has 2 N–H and O–H groups in total. The Balaban J connectivity index is 1.93. The second-order valence-electron chi connectivity index (χ2n) is 5.97. The van der Waals surface area contributed by atoms with E-state index in [1.165, 1.54) is 32.2 Å². The molecular formula is C14H28N2O. The summed E-state index contributed by atoms with van der Waals surface area (Å²) < 4.78 is 0. The average molecular weight is 240 g/mol. The number of rotatable bonds is 6. The van der Waals surface area contributed by atoms with Crippen LogP contribution in [0, 0.1) is 5.92 Å². The summed E-state index contributed by atoms with van der Waals surface area (Å²) in [6.45, 7) is 5.00. The zero-order valence-electron chi connectivity index (χ0n) is 11.4. The van der Waals surface area contributed by atoms with Gasteiger partial charge in [-0.3, -0.25) is 0 Å². The number of aliphatic hydroxyl groups is 1. The van der Waals surface area contributed by atoms with Gasteiger partial charge in [0.2, 0.25) is 0 Å². The molecule has 2 aliphatic rings. The minimum Gasteiger partial charge on any atom is -0.394 e. The summed E-state index contributed by atoms with van der Waals surface area (Å²) in [5.74, 6) is 0.968. The lowest BCUT2D eigenvalue weighted by Crippen LogP contribution is -2.54. The molecule has 2 unspecified atom stereocenters. The molecule has 0 aliphatic heterocycles. The fourth-order valence-electron chi connectivity index (χ4n) is 3.26. The SMILES string of the molecule is CCN(CC1CC1)C1CCCC(CO)(NC)C1. The van der Waals surface area contributed by atoms with Crippen molar-refractivity contribution < 1.29 is 5.11 Å². The summed E-state index contributed by atoms with van der Waals surface area (Å²) in [4.78, 5) is 2.65. The van der Waals surface area contributed by atoms with Gasteiger partial charge in [0.05, 0.1) is 6.61 Å². The van der Waals surface area contributed by atoms with Crippen molar-refractivity contribution in [3.63, 3.8) is 0 Å². The average Bonchev–Trinajstić information content (AvgIpc) is 3.20. The molecule has 17 heavy (non-hydrogen) atoms. The van der Waals surface area contributed by atoms with Crippen molar-refractivity contribution >= 4 is 0 Å². The molecule has 2 atom stereocenters.